The van der Waals surface area contributed by atoms with Gasteiger partial charge in [0, 0.05) is 13.1 Å². The Morgan fingerprint density at radius 3 is 2.13 bits per heavy atom. The number of esters is 1. The molecule has 0 aromatic rings. The highest BCUT2D eigenvalue weighted by atomic mass is 16.6. The summed E-state index contributed by atoms with van der Waals surface area (Å²) in [6, 6.07) is 0. The van der Waals surface area contributed by atoms with Crippen molar-refractivity contribution in [2.75, 3.05) is 33.3 Å². The van der Waals surface area contributed by atoms with E-state index in [0.717, 1.165) is 6.54 Å². The fourth-order valence-corrected chi connectivity index (χ4v) is 1.71. The molecule has 1 unspecified atom stereocenters. The van der Waals surface area contributed by atoms with Crippen molar-refractivity contribution >= 4 is 12.1 Å². The number of nitrogens with zero attached hydrogens (tertiary/aromatic N) is 1. The maximum atomic E-state index is 11.7. The summed E-state index contributed by atoms with van der Waals surface area (Å²) in [5.74, 6) is -0.430. The van der Waals surface area contributed by atoms with E-state index in [2.05, 4.69) is 12.2 Å². The summed E-state index contributed by atoms with van der Waals surface area (Å²) in [4.78, 5) is 24.8. The zero-order chi connectivity index (χ0) is 18.5. The second-order valence-electron chi connectivity index (χ2n) is 5.87. The van der Waals surface area contributed by atoms with Crippen molar-refractivity contribution in [1.29, 1.82) is 0 Å². The van der Waals surface area contributed by atoms with Crippen LogP contribution < -0.4 is 5.32 Å². The highest BCUT2D eigenvalue weighted by Crippen LogP contribution is 2.20. The fraction of sp³-hybridized carbons (Fsp3) is 0.882. The van der Waals surface area contributed by atoms with E-state index in [1.807, 2.05) is 41.7 Å². The topological polar surface area (TPSA) is 67.9 Å². The molecule has 0 aromatic carbocycles. The summed E-state index contributed by atoms with van der Waals surface area (Å²) in [6.07, 6.45) is 0.294. The number of likely N-dealkylation sites (tertiary alicyclic amines) is 1. The minimum atomic E-state index is -0.501. The third-order valence-electron chi connectivity index (χ3n) is 2.81. The van der Waals surface area contributed by atoms with E-state index in [9.17, 15) is 9.59 Å². The molecule has 6 heteroatoms. The van der Waals surface area contributed by atoms with Crippen LogP contribution in [0.1, 0.15) is 54.9 Å². The molecule has 6 nitrogen and oxygen atoms in total. The summed E-state index contributed by atoms with van der Waals surface area (Å²) >= 11 is 0. The second kappa shape index (κ2) is 13.2. The molecular weight excluding hydrogens is 296 g/mol. The third kappa shape index (κ3) is 11.9. The van der Waals surface area contributed by atoms with Crippen LogP contribution >= 0.6 is 0 Å². The largest absolute Gasteiger partial charge is 0.466 e. The smallest absolute Gasteiger partial charge is 0.410 e. The lowest BCUT2D eigenvalue weighted by Crippen LogP contribution is -2.36. The molecule has 0 aromatic heterocycles. The summed E-state index contributed by atoms with van der Waals surface area (Å²) in [6.45, 7) is 15.7. The van der Waals surface area contributed by atoms with Gasteiger partial charge in [-0.3, -0.25) is 4.79 Å². The van der Waals surface area contributed by atoms with Crippen molar-refractivity contribution < 1.29 is 19.1 Å². The van der Waals surface area contributed by atoms with Gasteiger partial charge in [0.25, 0.3) is 0 Å². The zero-order valence-corrected chi connectivity index (χ0v) is 16.2. The van der Waals surface area contributed by atoms with Crippen molar-refractivity contribution in [3.8, 4) is 0 Å². The molecule has 1 fully saturated rings. The molecule has 1 saturated heterocycles. The van der Waals surface area contributed by atoms with Crippen LogP contribution in [0.5, 0.6) is 0 Å². The average molecular weight is 332 g/mol. The first-order chi connectivity index (χ1) is 10.7. The van der Waals surface area contributed by atoms with Gasteiger partial charge in [-0.05, 0) is 47.7 Å². The molecule has 1 heterocycles. The van der Waals surface area contributed by atoms with Crippen LogP contribution in [0.15, 0.2) is 0 Å². The number of carbonyl (C=O) groups excluding carboxylic acids is 2. The van der Waals surface area contributed by atoms with Crippen molar-refractivity contribution in [3.05, 3.63) is 0 Å². The SMILES string of the molecule is CC.CCNC.CCOC(=O)C1CCN(C(=O)OC(C)(C)C)C1. The molecule has 1 rings (SSSR count). The first kappa shape index (κ1) is 24.0. The number of rotatable bonds is 3. The Morgan fingerprint density at radius 2 is 1.74 bits per heavy atom. The van der Waals surface area contributed by atoms with Gasteiger partial charge in [0.1, 0.15) is 5.60 Å². The lowest BCUT2D eigenvalue weighted by molar-refractivity contribution is -0.147. The van der Waals surface area contributed by atoms with Crippen LogP contribution in [0.3, 0.4) is 0 Å². The summed E-state index contributed by atoms with van der Waals surface area (Å²) in [7, 11) is 1.93. The van der Waals surface area contributed by atoms with E-state index in [1.165, 1.54) is 0 Å². The lowest BCUT2D eigenvalue weighted by Gasteiger charge is -2.24. The molecule has 23 heavy (non-hydrogen) atoms. The first-order valence-electron chi connectivity index (χ1n) is 8.54. The highest BCUT2D eigenvalue weighted by Gasteiger charge is 2.34. The molecular formula is C17H36N2O4. The molecule has 0 bridgehead atoms. The van der Waals surface area contributed by atoms with Crippen molar-refractivity contribution in [1.82, 2.24) is 10.2 Å². The molecule has 0 aliphatic carbocycles. The number of hydrogen-bond donors (Lipinski definition) is 1. The maximum Gasteiger partial charge on any atom is 0.410 e. The van der Waals surface area contributed by atoms with Gasteiger partial charge in [0.15, 0.2) is 0 Å². The first-order valence-corrected chi connectivity index (χ1v) is 8.54. The van der Waals surface area contributed by atoms with E-state index in [-0.39, 0.29) is 18.0 Å². The van der Waals surface area contributed by atoms with E-state index in [4.69, 9.17) is 9.47 Å². The highest BCUT2D eigenvalue weighted by molar-refractivity contribution is 5.75. The Kier molecular flexibility index (Phi) is 13.7. The van der Waals surface area contributed by atoms with Crippen molar-refractivity contribution in [2.24, 2.45) is 5.92 Å². The van der Waals surface area contributed by atoms with E-state index >= 15 is 0 Å². The Labute approximate surface area is 141 Å². The summed E-state index contributed by atoms with van der Waals surface area (Å²) in [5, 5.41) is 2.93. The predicted molar refractivity (Wildman–Crippen MR) is 93.5 cm³/mol. The third-order valence-corrected chi connectivity index (χ3v) is 2.81. The van der Waals surface area contributed by atoms with Crippen LogP contribution in [-0.2, 0) is 14.3 Å². The monoisotopic (exact) mass is 332 g/mol. The van der Waals surface area contributed by atoms with Crippen LogP contribution in [0.2, 0.25) is 0 Å². The zero-order valence-electron chi connectivity index (χ0n) is 16.2. The van der Waals surface area contributed by atoms with E-state index in [1.54, 1.807) is 11.8 Å². The van der Waals surface area contributed by atoms with Gasteiger partial charge in [0.2, 0.25) is 0 Å². The molecule has 0 spiro atoms. The minimum Gasteiger partial charge on any atom is -0.466 e. The van der Waals surface area contributed by atoms with Gasteiger partial charge < -0.3 is 19.7 Å². The molecule has 1 N–H and O–H groups in total. The standard InChI is InChI=1S/C12H21NO4.C3H9N.C2H6/c1-5-16-10(14)9-6-7-13(8-9)11(15)17-12(2,3)4;1-3-4-2;1-2/h9H,5-8H2,1-4H3;4H,3H2,1-2H3;1-2H3. The van der Waals surface area contributed by atoms with E-state index < -0.39 is 5.60 Å². The molecule has 0 radical (unpaired) electrons. The van der Waals surface area contributed by atoms with Gasteiger partial charge in [-0.25, -0.2) is 4.79 Å². The molecule has 1 aliphatic heterocycles. The lowest BCUT2D eigenvalue weighted by atomic mass is 10.1. The van der Waals surface area contributed by atoms with Crippen LogP contribution in [0, 0.1) is 5.92 Å². The van der Waals surface area contributed by atoms with Crippen molar-refractivity contribution in [3.63, 3.8) is 0 Å². The second-order valence-corrected chi connectivity index (χ2v) is 5.87. The molecule has 0 saturated carbocycles. The fourth-order valence-electron chi connectivity index (χ4n) is 1.71. The van der Waals surface area contributed by atoms with Gasteiger partial charge in [-0.2, -0.15) is 0 Å². The van der Waals surface area contributed by atoms with Crippen LogP contribution in [-0.4, -0.2) is 55.9 Å². The number of nitrogens with one attached hydrogen (secondary N) is 1. The van der Waals surface area contributed by atoms with Gasteiger partial charge in [-0.1, -0.05) is 20.8 Å². The summed E-state index contributed by atoms with van der Waals surface area (Å²) < 4.78 is 10.2. The predicted octanol–water partition coefficient (Wildman–Crippen LogP) is 3.06. The molecule has 1 amide bonds. The number of ether oxygens (including phenoxy) is 2. The number of carbonyl (C=O) groups is 2. The quantitative estimate of drug-likeness (QED) is 0.805. The Morgan fingerprint density at radius 1 is 1.22 bits per heavy atom. The van der Waals surface area contributed by atoms with Crippen LogP contribution in [0.25, 0.3) is 0 Å². The average Bonchev–Trinajstić information content (AvgIpc) is 2.98. The molecule has 1 aliphatic rings. The normalized spacial score (nSPS) is 16.5. The Bertz CT molecular complexity index is 325. The van der Waals surface area contributed by atoms with Crippen molar-refractivity contribution in [2.45, 2.75) is 60.5 Å². The molecule has 1 atom stereocenters. The Balaban J connectivity index is 0. The van der Waals surface area contributed by atoms with Gasteiger partial charge in [-0.15, -0.1) is 0 Å². The van der Waals surface area contributed by atoms with Gasteiger partial charge in [0.05, 0.1) is 12.5 Å². The summed E-state index contributed by atoms with van der Waals surface area (Å²) in [5.41, 5.74) is -0.501. The maximum absolute atomic E-state index is 11.7. The minimum absolute atomic E-state index is 0.206. The van der Waals surface area contributed by atoms with E-state index in [0.29, 0.717) is 26.1 Å². The number of hydrogen-bond acceptors (Lipinski definition) is 5. The van der Waals surface area contributed by atoms with Gasteiger partial charge >= 0.3 is 12.1 Å². The van der Waals surface area contributed by atoms with Crippen LogP contribution in [0.4, 0.5) is 4.79 Å². The Hall–Kier alpha value is -1.30. The number of amides is 1. The molecule has 138 valence electrons.